The molecule has 0 saturated heterocycles. The van der Waals surface area contributed by atoms with E-state index >= 15 is 0 Å². The van der Waals surface area contributed by atoms with Crippen molar-refractivity contribution >= 4 is 0 Å². The second-order valence-corrected chi connectivity index (χ2v) is 16.8. The van der Waals surface area contributed by atoms with Crippen LogP contribution >= 0.6 is 0 Å². The lowest BCUT2D eigenvalue weighted by Crippen LogP contribution is -1.99. The highest BCUT2D eigenvalue weighted by Gasteiger charge is 2.18. The molecule has 0 heterocycles. The fraction of sp³-hybridized carbons (Fsp3) is 0.333. The van der Waals surface area contributed by atoms with Gasteiger partial charge in [0, 0.05) is 34.4 Å². The van der Waals surface area contributed by atoms with E-state index < -0.39 is 58.2 Å². The molecule has 0 aromatic heterocycles. The molecular formula is C54H52F10O2. The Morgan fingerprint density at radius 1 is 0.318 bits per heavy atom. The van der Waals surface area contributed by atoms with Crippen LogP contribution in [0, 0.1) is 64.1 Å². The Kier molecular flexibility index (Phi) is 18.1. The number of hydrogen-bond acceptors (Lipinski definition) is 2. The van der Waals surface area contributed by atoms with Crippen molar-refractivity contribution in [2.24, 2.45) is 5.92 Å². The van der Waals surface area contributed by atoms with E-state index in [0.717, 1.165) is 63.5 Å². The van der Waals surface area contributed by atoms with Crippen LogP contribution in [0.5, 0.6) is 11.5 Å². The van der Waals surface area contributed by atoms with Gasteiger partial charge >= 0.3 is 0 Å². The molecule has 0 amide bonds. The monoisotopic (exact) mass is 922 g/mol. The zero-order valence-electron chi connectivity index (χ0n) is 36.7. The molecule has 12 heteroatoms. The molecule has 0 spiro atoms. The summed E-state index contributed by atoms with van der Waals surface area (Å²) in [6.45, 7) is 3.20. The lowest BCUT2D eigenvalue weighted by Gasteiger charge is -2.12. The Bertz CT molecular complexity index is 2340. The first-order valence-corrected chi connectivity index (χ1v) is 22.5. The fourth-order valence-electron chi connectivity index (χ4n) is 8.02. The zero-order chi connectivity index (χ0) is 47.2. The van der Waals surface area contributed by atoms with Gasteiger partial charge in [-0.3, -0.25) is 0 Å². The Balaban J connectivity index is 0.763. The molecule has 0 aliphatic rings. The molecule has 6 aromatic carbocycles. The van der Waals surface area contributed by atoms with Crippen molar-refractivity contribution in [3.05, 3.63) is 155 Å². The summed E-state index contributed by atoms with van der Waals surface area (Å²) in [5.41, 5.74) is 0.0986. The largest absolute Gasteiger partial charge is 0.493 e. The topological polar surface area (TPSA) is 18.5 Å². The zero-order valence-corrected chi connectivity index (χ0v) is 36.7. The van der Waals surface area contributed by atoms with Crippen LogP contribution in [0.25, 0.3) is 44.5 Å². The minimum Gasteiger partial charge on any atom is -0.493 e. The third kappa shape index (κ3) is 13.6. The molecule has 2 nitrogen and oxygen atoms in total. The minimum atomic E-state index is -1.64. The number of halogens is 10. The molecule has 0 N–H and O–H groups in total. The van der Waals surface area contributed by atoms with E-state index in [1.54, 1.807) is 12.1 Å². The molecule has 0 aliphatic heterocycles. The van der Waals surface area contributed by atoms with Crippen molar-refractivity contribution < 1.29 is 53.4 Å². The summed E-state index contributed by atoms with van der Waals surface area (Å²) in [6, 6.07) is 19.0. The highest BCUT2D eigenvalue weighted by Crippen LogP contribution is 2.34. The first-order valence-electron chi connectivity index (χ1n) is 22.5. The van der Waals surface area contributed by atoms with Gasteiger partial charge in [-0.25, -0.2) is 43.9 Å². The minimum absolute atomic E-state index is 0.136. The molecule has 0 radical (unpaired) electrons. The van der Waals surface area contributed by atoms with Gasteiger partial charge < -0.3 is 9.47 Å². The Morgan fingerprint density at radius 2 is 0.606 bits per heavy atom. The van der Waals surface area contributed by atoms with Crippen LogP contribution in [0.15, 0.2) is 97.1 Å². The van der Waals surface area contributed by atoms with Gasteiger partial charge in [-0.15, -0.1) is 0 Å². The first-order chi connectivity index (χ1) is 31.8. The standard InChI is InChI=1S/C54H52F10O2/c1-34(14-10-6-2-4-8-12-24-65-39-18-22-41(47(57)32-39)35-16-20-43(45(55)26-35)37-28-49(59)53(63)50(60)29-37)15-11-7-3-5-9-13-25-66-40-19-23-42(48(58)33-40)36-17-21-44(46(56)27-36)38-30-51(61)54(64)52(62)31-38/h16-23,26-34H,2-15,24-25H2,1H3. The number of unbranched alkanes of at least 4 members (excludes halogenated alkanes) is 10. The Labute approximate surface area is 379 Å². The molecule has 0 aliphatic carbocycles. The molecule has 66 heavy (non-hydrogen) atoms. The number of benzene rings is 6. The van der Waals surface area contributed by atoms with Crippen LogP contribution in [-0.4, -0.2) is 13.2 Å². The summed E-state index contributed by atoms with van der Waals surface area (Å²) in [5.74, 6) is -10.5. The van der Waals surface area contributed by atoms with Gasteiger partial charge in [0.15, 0.2) is 34.9 Å². The molecule has 0 unspecified atom stereocenters. The lowest BCUT2D eigenvalue weighted by molar-refractivity contribution is 0.302. The van der Waals surface area contributed by atoms with E-state index in [9.17, 15) is 43.9 Å². The average Bonchev–Trinajstić information content (AvgIpc) is 3.28. The summed E-state index contributed by atoms with van der Waals surface area (Å²) in [7, 11) is 0. The van der Waals surface area contributed by atoms with E-state index in [4.69, 9.17) is 9.47 Å². The average molecular weight is 923 g/mol. The predicted molar refractivity (Wildman–Crippen MR) is 239 cm³/mol. The van der Waals surface area contributed by atoms with Gasteiger partial charge in [-0.05, 0) is 102 Å². The Morgan fingerprint density at radius 3 is 0.955 bits per heavy atom. The summed E-state index contributed by atoms with van der Waals surface area (Å²) in [4.78, 5) is 0. The Hall–Kier alpha value is -5.78. The van der Waals surface area contributed by atoms with Gasteiger partial charge in [-0.2, -0.15) is 0 Å². The predicted octanol–water partition coefficient (Wildman–Crippen LogP) is 17.3. The summed E-state index contributed by atoms with van der Waals surface area (Å²) < 4.78 is 153. The van der Waals surface area contributed by atoms with Gasteiger partial charge in [0.25, 0.3) is 0 Å². The summed E-state index contributed by atoms with van der Waals surface area (Å²) in [6.07, 6.45) is 15.3. The molecular weight excluding hydrogens is 871 g/mol. The van der Waals surface area contributed by atoms with Crippen LogP contribution in [0.1, 0.15) is 96.8 Å². The molecule has 6 rings (SSSR count). The van der Waals surface area contributed by atoms with E-state index in [1.807, 2.05) is 0 Å². The smallest absolute Gasteiger partial charge is 0.194 e. The number of ether oxygens (including phenoxy) is 2. The van der Waals surface area contributed by atoms with Crippen LogP contribution in [-0.2, 0) is 0 Å². The summed E-state index contributed by atoms with van der Waals surface area (Å²) in [5, 5.41) is 0. The van der Waals surface area contributed by atoms with Gasteiger partial charge in [0.1, 0.15) is 34.8 Å². The first kappa shape index (κ1) is 49.6. The van der Waals surface area contributed by atoms with Crippen molar-refractivity contribution in [2.75, 3.05) is 13.2 Å². The van der Waals surface area contributed by atoms with Gasteiger partial charge in [0.2, 0.25) is 0 Å². The lowest BCUT2D eigenvalue weighted by atomic mass is 9.96. The van der Waals surface area contributed by atoms with Crippen molar-refractivity contribution in [1.29, 1.82) is 0 Å². The molecule has 350 valence electrons. The molecule has 6 aromatic rings. The van der Waals surface area contributed by atoms with Crippen molar-refractivity contribution in [2.45, 2.75) is 96.8 Å². The highest BCUT2D eigenvalue weighted by molar-refractivity contribution is 5.73. The van der Waals surface area contributed by atoms with E-state index in [-0.39, 0.29) is 44.5 Å². The normalized spacial score (nSPS) is 11.5. The molecule has 0 fully saturated rings. The third-order valence-electron chi connectivity index (χ3n) is 11.8. The fourth-order valence-corrected chi connectivity index (χ4v) is 8.02. The van der Waals surface area contributed by atoms with Gasteiger partial charge in [0.05, 0.1) is 13.2 Å². The maximum absolute atomic E-state index is 15.0. The second kappa shape index (κ2) is 24.1. The van der Waals surface area contributed by atoms with Crippen molar-refractivity contribution in [1.82, 2.24) is 0 Å². The number of hydrogen-bond donors (Lipinski definition) is 0. The van der Waals surface area contributed by atoms with E-state index in [1.165, 1.54) is 87.1 Å². The highest BCUT2D eigenvalue weighted by atomic mass is 19.2. The van der Waals surface area contributed by atoms with E-state index in [0.29, 0.717) is 54.9 Å². The van der Waals surface area contributed by atoms with Crippen LogP contribution in [0.3, 0.4) is 0 Å². The number of rotatable bonds is 24. The summed E-state index contributed by atoms with van der Waals surface area (Å²) >= 11 is 0. The van der Waals surface area contributed by atoms with E-state index in [2.05, 4.69) is 6.92 Å². The third-order valence-corrected chi connectivity index (χ3v) is 11.8. The maximum Gasteiger partial charge on any atom is 0.194 e. The maximum atomic E-state index is 15.0. The van der Waals surface area contributed by atoms with Crippen LogP contribution in [0.2, 0.25) is 0 Å². The molecule has 0 atom stereocenters. The molecule has 0 bridgehead atoms. The van der Waals surface area contributed by atoms with Crippen molar-refractivity contribution in [3.63, 3.8) is 0 Å². The van der Waals surface area contributed by atoms with Crippen LogP contribution < -0.4 is 9.47 Å². The van der Waals surface area contributed by atoms with Gasteiger partial charge in [-0.1, -0.05) is 108 Å². The van der Waals surface area contributed by atoms with Crippen LogP contribution in [0.4, 0.5) is 43.9 Å². The quantitative estimate of drug-likeness (QED) is 0.0342. The molecule has 0 saturated carbocycles. The SMILES string of the molecule is CC(CCCCCCCCOc1ccc(-c2ccc(-c3cc(F)c(F)c(F)c3)c(F)c2)c(F)c1)CCCCCCCCOc1ccc(-c2ccc(-c3cc(F)c(F)c(F)c3)c(F)c2)c(F)c1. The second-order valence-electron chi connectivity index (χ2n) is 16.8. The van der Waals surface area contributed by atoms with Crippen molar-refractivity contribution in [3.8, 4) is 56.0 Å².